The molecular formula is C15H18Cl2NO2P. The highest BCUT2D eigenvalue weighted by Gasteiger charge is 2.32. The molecular weight excluding hydrogens is 328 g/mol. The predicted octanol–water partition coefficient (Wildman–Crippen LogP) is 0.0976. The van der Waals surface area contributed by atoms with Crippen LogP contribution in [0.25, 0.3) is 0 Å². The van der Waals surface area contributed by atoms with Gasteiger partial charge in [0.25, 0.3) is 7.37 Å². The minimum atomic E-state index is -3.34. The molecule has 0 fully saturated rings. The lowest BCUT2D eigenvalue weighted by atomic mass is 10.2. The molecule has 3 nitrogen and oxygen atoms in total. The van der Waals surface area contributed by atoms with E-state index < -0.39 is 13.2 Å². The van der Waals surface area contributed by atoms with Gasteiger partial charge in [-0.2, -0.15) is 0 Å². The van der Waals surface area contributed by atoms with Crippen molar-refractivity contribution in [1.82, 2.24) is 0 Å². The smallest absolute Gasteiger partial charge is 0.261 e. The van der Waals surface area contributed by atoms with Crippen molar-refractivity contribution in [3.63, 3.8) is 0 Å². The summed E-state index contributed by atoms with van der Waals surface area (Å²) in [5.74, 6) is -0.622. The molecule has 0 heterocycles. The van der Waals surface area contributed by atoms with Gasteiger partial charge in [-0.15, -0.1) is 0 Å². The highest BCUT2D eigenvalue weighted by molar-refractivity contribution is 7.58. The van der Waals surface area contributed by atoms with Crippen molar-refractivity contribution in [2.24, 2.45) is 0 Å². The Kier molecular flexibility index (Phi) is 6.92. The summed E-state index contributed by atoms with van der Waals surface area (Å²) in [6.45, 7) is 0. The van der Waals surface area contributed by atoms with Gasteiger partial charge in [0, 0.05) is 16.7 Å². The van der Waals surface area contributed by atoms with Crippen LogP contribution in [0.2, 0.25) is 5.02 Å². The fourth-order valence-corrected chi connectivity index (χ4v) is 3.66. The lowest BCUT2D eigenvalue weighted by Gasteiger charge is -2.16. The SMILES string of the molecule is [Cl-].[NH3+]C(c1ccc(Cl)cc1)P(=O)(O)CCc1ccccc1. The van der Waals surface area contributed by atoms with Crippen LogP contribution in [0.15, 0.2) is 54.6 Å². The molecule has 2 unspecified atom stereocenters. The second-order valence-corrected chi connectivity index (χ2v) is 7.80. The van der Waals surface area contributed by atoms with Gasteiger partial charge in [-0.3, -0.25) is 4.57 Å². The van der Waals surface area contributed by atoms with Gasteiger partial charge in [0.05, 0.1) is 0 Å². The number of quaternary nitrogens is 1. The first-order chi connectivity index (χ1) is 9.49. The normalized spacial score (nSPS) is 14.8. The first kappa shape index (κ1) is 18.2. The molecule has 0 spiro atoms. The highest BCUT2D eigenvalue weighted by Crippen LogP contribution is 2.51. The Hall–Kier alpha value is -0.830. The highest BCUT2D eigenvalue weighted by atomic mass is 35.5. The Morgan fingerprint density at radius 1 is 1.10 bits per heavy atom. The quantitative estimate of drug-likeness (QED) is 0.755. The van der Waals surface area contributed by atoms with Crippen LogP contribution in [0.3, 0.4) is 0 Å². The number of hydrogen-bond acceptors (Lipinski definition) is 1. The Balaban J connectivity index is 0.00000220. The third kappa shape index (κ3) is 5.14. The van der Waals surface area contributed by atoms with E-state index in [1.54, 1.807) is 24.3 Å². The first-order valence-electron chi connectivity index (χ1n) is 6.43. The summed E-state index contributed by atoms with van der Waals surface area (Å²) >= 11 is 5.82. The van der Waals surface area contributed by atoms with Crippen molar-refractivity contribution in [3.8, 4) is 0 Å². The maximum absolute atomic E-state index is 12.4. The summed E-state index contributed by atoms with van der Waals surface area (Å²) in [5.41, 5.74) is 5.67. The zero-order chi connectivity index (χ0) is 14.6. The van der Waals surface area contributed by atoms with E-state index in [0.717, 1.165) is 11.1 Å². The van der Waals surface area contributed by atoms with E-state index in [-0.39, 0.29) is 18.6 Å². The molecule has 6 heteroatoms. The number of halogens is 2. The third-order valence-corrected chi connectivity index (χ3v) is 5.69. The molecule has 0 amide bonds. The molecule has 114 valence electrons. The van der Waals surface area contributed by atoms with Crippen LogP contribution in [0.4, 0.5) is 0 Å². The van der Waals surface area contributed by atoms with E-state index in [1.807, 2.05) is 30.3 Å². The summed E-state index contributed by atoms with van der Waals surface area (Å²) in [5, 5.41) is 0.609. The molecule has 0 aliphatic heterocycles. The van der Waals surface area contributed by atoms with Gasteiger partial charge in [0.1, 0.15) is 0 Å². The lowest BCUT2D eigenvalue weighted by molar-refractivity contribution is -0.397. The molecule has 0 radical (unpaired) electrons. The summed E-state index contributed by atoms with van der Waals surface area (Å²) in [4.78, 5) is 10.2. The molecule has 0 aliphatic carbocycles. The second kappa shape index (κ2) is 7.98. The number of aryl methyl sites for hydroxylation is 1. The number of benzene rings is 2. The Labute approximate surface area is 136 Å². The van der Waals surface area contributed by atoms with E-state index in [2.05, 4.69) is 5.73 Å². The molecule has 21 heavy (non-hydrogen) atoms. The van der Waals surface area contributed by atoms with Gasteiger partial charge < -0.3 is 23.0 Å². The van der Waals surface area contributed by atoms with Gasteiger partial charge in [-0.05, 0) is 24.1 Å². The van der Waals surface area contributed by atoms with Gasteiger partial charge in [0.2, 0.25) is 0 Å². The van der Waals surface area contributed by atoms with Crippen molar-refractivity contribution >= 4 is 19.0 Å². The standard InChI is InChI=1S/C15H17ClNO2P.ClH/c16-14-8-6-13(7-9-14)15(17)20(18,19)11-10-12-4-2-1-3-5-12;/h1-9,15H,10-11,17H2,(H,18,19);1H. The zero-order valence-electron chi connectivity index (χ0n) is 11.5. The van der Waals surface area contributed by atoms with Crippen molar-refractivity contribution in [1.29, 1.82) is 0 Å². The Morgan fingerprint density at radius 3 is 2.24 bits per heavy atom. The lowest BCUT2D eigenvalue weighted by Crippen LogP contribution is -3.00. The summed E-state index contributed by atoms with van der Waals surface area (Å²) < 4.78 is 12.4. The van der Waals surface area contributed by atoms with Crippen molar-refractivity contribution in [2.45, 2.75) is 12.2 Å². The molecule has 0 aromatic heterocycles. The van der Waals surface area contributed by atoms with Crippen LogP contribution >= 0.6 is 19.0 Å². The largest absolute Gasteiger partial charge is 1.00 e. The summed E-state index contributed by atoms with van der Waals surface area (Å²) in [6.07, 6.45) is 0.808. The van der Waals surface area contributed by atoms with E-state index >= 15 is 0 Å². The van der Waals surface area contributed by atoms with E-state index in [9.17, 15) is 9.46 Å². The number of hydrogen-bond donors (Lipinski definition) is 2. The predicted molar refractivity (Wildman–Crippen MR) is 81.9 cm³/mol. The van der Waals surface area contributed by atoms with Gasteiger partial charge >= 0.3 is 0 Å². The molecule has 4 N–H and O–H groups in total. The van der Waals surface area contributed by atoms with Crippen molar-refractivity contribution in [3.05, 3.63) is 70.7 Å². The van der Waals surface area contributed by atoms with E-state index in [4.69, 9.17) is 11.6 Å². The topological polar surface area (TPSA) is 64.9 Å². The van der Waals surface area contributed by atoms with Gasteiger partial charge in [-0.1, -0.05) is 54.1 Å². The molecule has 2 aromatic carbocycles. The summed E-state index contributed by atoms with van der Waals surface area (Å²) in [6, 6.07) is 16.6. The minimum absolute atomic E-state index is 0. The third-order valence-electron chi connectivity index (χ3n) is 3.31. The zero-order valence-corrected chi connectivity index (χ0v) is 13.9. The molecule has 0 aliphatic rings. The number of rotatable bonds is 5. The molecule has 2 aromatic rings. The maximum atomic E-state index is 12.4. The van der Waals surface area contributed by atoms with Crippen LogP contribution in [0, 0.1) is 0 Å². The average Bonchev–Trinajstić information content (AvgIpc) is 2.46. The fraction of sp³-hybridized carbons (Fsp3) is 0.200. The summed E-state index contributed by atoms with van der Waals surface area (Å²) in [7, 11) is -3.34. The molecule has 2 atom stereocenters. The van der Waals surface area contributed by atoms with Gasteiger partial charge in [-0.25, -0.2) is 0 Å². The van der Waals surface area contributed by atoms with Crippen LogP contribution in [-0.4, -0.2) is 11.1 Å². The van der Waals surface area contributed by atoms with Crippen LogP contribution in [-0.2, 0) is 11.0 Å². The monoisotopic (exact) mass is 345 g/mol. The maximum Gasteiger partial charge on any atom is 0.261 e. The first-order valence-corrected chi connectivity index (χ1v) is 8.72. The van der Waals surface area contributed by atoms with E-state index in [1.165, 1.54) is 0 Å². The van der Waals surface area contributed by atoms with Crippen LogP contribution < -0.4 is 18.1 Å². The van der Waals surface area contributed by atoms with Crippen LogP contribution in [0.5, 0.6) is 0 Å². The second-order valence-electron chi connectivity index (χ2n) is 4.78. The molecule has 0 bridgehead atoms. The Morgan fingerprint density at radius 2 is 1.67 bits per heavy atom. The van der Waals surface area contributed by atoms with E-state index in [0.29, 0.717) is 11.4 Å². The minimum Gasteiger partial charge on any atom is -1.00 e. The van der Waals surface area contributed by atoms with Crippen LogP contribution in [0.1, 0.15) is 16.9 Å². The molecule has 2 rings (SSSR count). The molecule has 0 saturated heterocycles. The Bertz CT molecular complexity index is 605. The average molecular weight is 346 g/mol. The molecule has 0 saturated carbocycles. The van der Waals surface area contributed by atoms with Gasteiger partial charge in [0.15, 0.2) is 5.78 Å². The fourth-order valence-electron chi connectivity index (χ4n) is 2.01. The van der Waals surface area contributed by atoms with Crippen molar-refractivity contribution in [2.75, 3.05) is 6.16 Å². The van der Waals surface area contributed by atoms with Crippen molar-refractivity contribution < 1.29 is 27.6 Å².